The average molecular weight is 297 g/mol. The number of nitrogens with zero attached hydrogens (tertiary/aromatic N) is 1. The first-order chi connectivity index (χ1) is 9.88. The molecule has 0 atom stereocenters. The number of hydrogen-bond acceptors (Lipinski definition) is 3. The molecule has 1 aromatic heterocycles. The van der Waals surface area contributed by atoms with Crippen molar-refractivity contribution in [2.24, 2.45) is 0 Å². The van der Waals surface area contributed by atoms with E-state index in [1.54, 1.807) is 0 Å². The summed E-state index contributed by atoms with van der Waals surface area (Å²) in [5.41, 5.74) is 0.143. The van der Waals surface area contributed by atoms with E-state index in [1.165, 1.54) is 6.07 Å². The summed E-state index contributed by atoms with van der Waals surface area (Å²) in [7, 11) is 0. The van der Waals surface area contributed by atoms with Crippen molar-refractivity contribution in [3.05, 3.63) is 40.6 Å². The van der Waals surface area contributed by atoms with Crippen LogP contribution in [0.1, 0.15) is 27.2 Å². The number of aromatic nitrogens is 1. The van der Waals surface area contributed by atoms with E-state index in [4.69, 9.17) is 4.74 Å². The molecule has 7 heteroatoms. The Balaban J connectivity index is 2.35. The van der Waals surface area contributed by atoms with Crippen LogP contribution in [0.5, 0.6) is 0 Å². The fourth-order valence-electron chi connectivity index (χ4n) is 2.48. The highest BCUT2D eigenvalue weighted by Gasteiger charge is 2.32. The van der Waals surface area contributed by atoms with Gasteiger partial charge in [-0.2, -0.15) is 13.2 Å². The SMILES string of the molecule is O=C(O)c1c2c(nc3ccc(C(F)(F)F)cc13)CCOC2. The standard InChI is InChI=1S/C14H10F3NO3/c15-14(16,17)7-1-2-10-8(5-7)12(13(19)20)9-6-21-4-3-11(9)18-10/h1-2,5H,3-4,6H2,(H,19,20). The Hall–Kier alpha value is -2.15. The van der Waals surface area contributed by atoms with Gasteiger partial charge in [0.1, 0.15) is 0 Å². The molecule has 2 aromatic rings. The van der Waals surface area contributed by atoms with Crippen LogP contribution in [0.25, 0.3) is 10.9 Å². The van der Waals surface area contributed by atoms with Gasteiger partial charge in [-0.25, -0.2) is 4.79 Å². The minimum absolute atomic E-state index is 0.0124. The van der Waals surface area contributed by atoms with E-state index in [-0.39, 0.29) is 23.1 Å². The number of carboxylic acid groups (broad SMARTS) is 1. The lowest BCUT2D eigenvalue weighted by Gasteiger charge is -2.19. The number of pyridine rings is 1. The van der Waals surface area contributed by atoms with Gasteiger partial charge in [0, 0.05) is 23.1 Å². The predicted octanol–water partition coefficient (Wildman–Crippen LogP) is 3.02. The molecule has 1 aliphatic rings. The van der Waals surface area contributed by atoms with Crippen molar-refractivity contribution in [3.63, 3.8) is 0 Å². The number of hydrogen-bond donors (Lipinski definition) is 1. The van der Waals surface area contributed by atoms with Crippen molar-refractivity contribution < 1.29 is 27.8 Å². The number of benzene rings is 1. The van der Waals surface area contributed by atoms with Gasteiger partial charge < -0.3 is 9.84 Å². The third-order valence-electron chi connectivity index (χ3n) is 3.44. The Morgan fingerprint density at radius 3 is 2.76 bits per heavy atom. The van der Waals surface area contributed by atoms with E-state index < -0.39 is 17.7 Å². The van der Waals surface area contributed by atoms with E-state index in [2.05, 4.69) is 4.98 Å². The molecule has 0 aliphatic carbocycles. The Morgan fingerprint density at radius 1 is 1.33 bits per heavy atom. The van der Waals surface area contributed by atoms with Crippen LogP contribution < -0.4 is 0 Å². The molecule has 0 saturated heterocycles. The first-order valence-corrected chi connectivity index (χ1v) is 6.21. The zero-order valence-electron chi connectivity index (χ0n) is 10.7. The van der Waals surface area contributed by atoms with Crippen LogP contribution in [0.4, 0.5) is 13.2 Å². The summed E-state index contributed by atoms with van der Waals surface area (Å²) in [6.07, 6.45) is -4.08. The van der Waals surface area contributed by atoms with Crippen LogP contribution in [-0.4, -0.2) is 22.7 Å². The van der Waals surface area contributed by atoms with Gasteiger partial charge in [-0.3, -0.25) is 4.98 Å². The van der Waals surface area contributed by atoms with Crippen LogP contribution in [0.2, 0.25) is 0 Å². The highest BCUT2D eigenvalue weighted by atomic mass is 19.4. The lowest BCUT2D eigenvalue weighted by atomic mass is 9.97. The maximum Gasteiger partial charge on any atom is 0.416 e. The van der Waals surface area contributed by atoms with Crippen LogP contribution in [-0.2, 0) is 23.9 Å². The lowest BCUT2D eigenvalue weighted by Crippen LogP contribution is -2.17. The maximum absolute atomic E-state index is 12.8. The largest absolute Gasteiger partial charge is 0.478 e. The van der Waals surface area contributed by atoms with Gasteiger partial charge in [-0.1, -0.05) is 0 Å². The number of ether oxygens (including phenoxy) is 1. The average Bonchev–Trinajstić information content (AvgIpc) is 2.42. The molecule has 0 radical (unpaired) electrons. The molecule has 110 valence electrons. The van der Waals surface area contributed by atoms with Crippen molar-refractivity contribution in [1.29, 1.82) is 0 Å². The second-order valence-corrected chi connectivity index (χ2v) is 4.75. The molecule has 0 unspecified atom stereocenters. The molecule has 1 aliphatic heterocycles. The highest BCUT2D eigenvalue weighted by molar-refractivity contribution is 6.04. The molecule has 2 heterocycles. The maximum atomic E-state index is 12.8. The quantitative estimate of drug-likeness (QED) is 0.879. The van der Waals surface area contributed by atoms with E-state index >= 15 is 0 Å². The number of aromatic carboxylic acids is 1. The van der Waals surface area contributed by atoms with Crippen molar-refractivity contribution in [1.82, 2.24) is 4.98 Å². The summed E-state index contributed by atoms with van der Waals surface area (Å²) in [5, 5.41) is 9.36. The molecule has 0 spiro atoms. The third-order valence-corrected chi connectivity index (χ3v) is 3.44. The summed E-state index contributed by atoms with van der Waals surface area (Å²) < 4.78 is 43.6. The third kappa shape index (κ3) is 2.33. The molecular weight excluding hydrogens is 287 g/mol. The van der Waals surface area contributed by atoms with E-state index in [9.17, 15) is 23.1 Å². The number of carbonyl (C=O) groups is 1. The number of alkyl halides is 3. The molecule has 0 amide bonds. The van der Waals surface area contributed by atoms with Gasteiger partial charge in [0.2, 0.25) is 0 Å². The summed E-state index contributed by atoms with van der Waals surface area (Å²) in [5.74, 6) is -1.27. The van der Waals surface area contributed by atoms with Crippen molar-refractivity contribution in [2.75, 3.05) is 6.61 Å². The van der Waals surface area contributed by atoms with Gasteiger partial charge in [0.05, 0.1) is 29.9 Å². The number of fused-ring (bicyclic) bond motifs is 2. The lowest BCUT2D eigenvalue weighted by molar-refractivity contribution is -0.137. The fraction of sp³-hybridized carbons (Fsp3) is 0.286. The van der Waals surface area contributed by atoms with Gasteiger partial charge in [-0.15, -0.1) is 0 Å². The Kier molecular flexibility index (Phi) is 3.09. The predicted molar refractivity (Wildman–Crippen MR) is 67.1 cm³/mol. The van der Waals surface area contributed by atoms with E-state index in [1.807, 2.05) is 0 Å². The molecular formula is C14H10F3NO3. The topological polar surface area (TPSA) is 59.4 Å². The van der Waals surface area contributed by atoms with Gasteiger partial charge in [-0.05, 0) is 18.2 Å². The smallest absolute Gasteiger partial charge is 0.416 e. The second kappa shape index (κ2) is 4.70. The Labute approximate surface area is 117 Å². The summed E-state index contributed by atoms with van der Waals surface area (Å²) >= 11 is 0. The molecule has 0 bridgehead atoms. The van der Waals surface area contributed by atoms with Crippen LogP contribution in [0.15, 0.2) is 18.2 Å². The minimum atomic E-state index is -4.53. The van der Waals surface area contributed by atoms with Gasteiger partial charge in [0.25, 0.3) is 0 Å². The van der Waals surface area contributed by atoms with Crippen molar-refractivity contribution in [3.8, 4) is 0 Å². The first kappa shape index (κ1) is 13.8. The molecule has 3 rings (SSSR count). The molecule has 0 saturated carbocycles. The summed E-state index contributed by atoms with van der Waals surface area (Å²) in [6.45, 7) is 0.474. The van der Waals surface area contributed by atoms with Gasteiger partial charge in [0.15, 0.2) is 0 Å². The molecule has 0 fully saturated rings. The van der Waals surface area contributed by atoms with Crippen LogP contribution in [0, 0.1) is 0 Å². The fourth-order valence-corrected chi connectivity index (χ4v) is 2.48. The normalized spacial score (nSPS) is 15.0. The zero-order chi connectivity index (χ0) is 15.2. The van der Waals surface area contributed by atoms with E-state index in [0.717, 1.165) is 12.1 Å². The Morgan fingerprint density at radius 2 is 2.10 bits per heavy atom. The Bertz CT molecular complexity index is 740. The molecule has 4 nitrogen and oxygen atoms in total. The summed E-state index contributed by atoms with van der Waals surface area (Å²) in [4.78, 5) is 15.8. The van der Waals surface area contributed by atoms with Crippen molar-refractivity contribution >= 4 is 16.9 Å². The highest BCUT2D eigenvalue weighted by Crippen LogP contribution is 2.34. The summed E-state index contributed by atoms with van der Waals surface area (Å²) in [6, 6.07) is 2.95. The number of carboxylic acids is 1. The van der Waals surface area contributed by atoms with Crippen LogP contribution in [0.3, 0.4) is 0 Å². The monoisotopic (exact) mass is 297 g/mol. The minimum Gasteiger partial charge on any atom is -0.478 e. The number of rotatable bonds is 1. The van der Waals surface area contributed by atoms with Gasteiger partial charge >= 0.3 is 12.1 Å². The van der Waals surface area contributed by atoms with Crippen molar-refractivity contribution in [2.45, 2.75) is 19.2 Å². The first-order valence-electron chi connectivity index (χ1n) is 6.21. The van der Waals surface area contributed by atoms with Crippen LogP contribution >= 0.6 is 0 Å². The second-order valence-electron chi connectivity index (χ2n) is 4.75. The molecule has 21 heavy (non-hydrogen) atoms. The molecule has 1 aromatic carbocycles. The van der Waals surface area contributed by atoms with E-state index in [0.29, 0.717) is 24.3 Å². The number of halogens is 3. The zero-order valence-corrected chi connectivity index (χ0v) is 10.7. The molecule has 1 N–H and O–H groups in total.